The highest BCUT2D eigenvalue weighted by Gasteiger charge is 2.44. The third kappa shape index (κ3) is 2.27. The van der Waals surface area contributed by atoms with Crippen LogP contribution in [0, 0.1) is 5.41 Å². The Bertz CT molecular complexity index is 192. The third-order valence-corrected chi connectivity index (χ3v) is 3.45. The number of rotatable bonds is 4. The predicted molar refractivity (Wildman–Crippen MR) is 55.4 cm³/mol. The van der Waals surface area contributed by atoms with Crippen molar-refractivity contribution in [3.8, 4) is 0 Å². The van der Waals surface area contributed by atoms with Gasteiger partial charge in [-0.2, -0.15) is 0 Å². The molecule has 0 spiro atoms. The summed E-state index contributed by atoms with van der Waals surface area (Å²) in [5.41, 5.74) is 0.486. The van der Waals surface area contributed by atoms with Crippen LogP contribution in [0.4, 0.5) is 0 Å². The lowest BCUT2D eigenvalue weighted by Crippen LogP contribution is -2.46. The van der Waals surface area contributed by atoms with Crippen LogP contribution in [-0.2, 0) is 9.47 Å². The minimum Gasteiger partial charge on any atom is -0.384 e. The Labute approximate surface area is 86.4 Å². The smallest absolute Gasteiger partial charge is 0.0619 e. The second-order valence-electron chi connectivity index (χ2n) is 4.83. The molecule has 3 nitrogen and oxygen atoms in total. The van der Waals surface area contributed by atoms with Crippen molar-refractivity contribution in [1.29, 1.82) is 0 Å². The zero-order valence-electron chi connectivity index (χ0n) is 9.29. The van der Waals surface area contributed by atoms with Crippen molar-refractivity contribution in [2.45, 2.75) is 25.8 Å². The summed E-state index contributed by atoms with van der Waals surface area (Å²) in [4.78, 5) is 2.55. The highest BCUT2D eigenvalue weighted by atomic mass is 16.5. The van der Waals surface area contributed by atoms with E-state index in [9.17, 15) is 0 Å². The molecule has 3 heteroatoms. The minimum absolute atomic E-state index is 0.486. The molecule has 1 aliphatic carbocycles. The fraction of sp³-hybridized carbons (Fsp3) is 1.00. The lowest BCUT2D eigenvalue weighted by Gasteiger charge is -2.35. The van der Waals surface area contributed by atoms with Crippen molar-refractivity contribution in [2.75, 3.05) is 40.0 Å². The van der Waals surface area contributed by atoms with Gasteiger partial charge in [0, 0.05) is 31.7 Å². The molecule has 0 bridgehead atoms. The lowest BCUT2D eigenvalue weighted by atomic mass is 10.1. The third-order valence-electron chi connectivity index (χ3n) is 3.45. The average molecular weight is 199 g/mol. The van der Waals surface area contributed by atoms with Crippen LogP contribution < -0.4 is 0 Å². The minimum atomic E-state index is 0.486. The molecule has 82 valence electrons. The van der Waals surface area contributed by atoms with Crippen molar-refractivity contribution >= 4 is 0 Å². The number of ether oxygens (including phenoxy) is 2. The molecule has 0 amide bonds. The number of hydrogen-bond donors (Lipinski definition) is 0. The zero-order chi connectivity index (χ0) is 10.0. The van der Waals surface area contributed by atoms with Gasteiger partial charge in [-0.05, 0) is 19.8 Å². The average Bonchev–Trinajstić information content (AvgIpc) is 2.90. The molecule has 2 rings (SSSR count). The first-order valence-electron chi connectivity index (χ1n) is 5.56. The Morgan fingerprint density at radius 3 is 2.86 bits per heavy atom. The van der Waals surface area contributed by atoms with Crippen LogP contribution in [-0.4, -0.2) is 51.0 Å². The standard InChI is InChI=1S/C11H21NO2/c1-10-7-14-6-5-12(10)8-11(3-4-11)9-13-2/h10H,3-9H2,1-2H3. The van der Waals surface area contributed by atoms with E-state index >= 15 is 0 Å². The first-order valence-corrected chi connectivity index (χ1v) is 5.56. The first kappa shape index (κ1) is 10.4. The summed E-state index contributed by atoms with van der Waals surface area (Å²) in [5, 5.41) is 0. The molecule has 1 aliphatic heterocycles. The highest BCUT2D eigenvalue weighted by Crippen LogP contribution is 2.46. The second kappa shape index (κ2) is 4.17. The van der Waals surface area contributed by atoms with Gasteiger partial charge in [-0.1, -0.05) is 0 Å². The van der Waals surface area contributed by atoms with E-state index in [4.69, 9.17) is 9.47 Å². The Hall–Kier alpha value is -0.120. The second-order valence-corrected chi connectivity index (χ2v) is 4.83. The number of methoxy groups -OCH3 is 1. The summed E-state index contributed by atoms with van der Waals surface area (Å²) in [6.07, 6.45) is 2.68. The fourth-order valence-electron chi connectivity index (χ4n) is 2.26. The van der Waals surface area contributed by atoms with Gasteiger partial charge in [-0.3, -0.25) is 4.90 Å². The maximum Gasteiger partial charge on any atom is 0.0619 e. The van der Waals surface area contributed by atoms with E-state index in [2.05, 4.69) is 11.8 Å². The van der Waals surface area contributed by atoms with E-state index < -0.39 is 0 Å². The predicted octanol–water partition coefficient (Wildman–Crippen LogP) is 1.13. The lowest BCUT2D eigenvalue weighted by molar-refractivity contribution is -0.0166. The van der Waals surface area contributed by atoms with E-state index in [1.165, 1.54) is 19.4 Å². The molecule has 2 aliphatic rings. The molecule has 1 saturated carbocycles. The van der Waals surface area contributed by atoms with Crippen molar-refractivity contribution < 1.29 is 9.47 Å². The summed E-state index contributed by atoms with van der Waals surface area (Å²) in [6, 6.07) is 0.582. The topological polar surface area (TPSA) is 21.7 Å². The van der Waals surface area contributed by atoms with Gasteiger partial charge in [0.05, 0.1) is 19.8 Å². The SMILES string of the molecule is COCC1(CN2CCOCC2C)CC1. The van der Waals surface area contributed by atoms with Crippen molar-refractivity contribution in [3.05, 3.63) is 0 Å². The molecule has 2 fully saturated rings. The monoisotopic (exact) mass is 199 g/mol. The molecular weight excluding hydrogens is 178 g/mol. The molecule has 14 heavy (non-hydrogen) atoms. The van der Waals surface area contributed by atoms with Crippen LogP contribution in [0.3, 0.4) is 0 Å². The van der Waals surface area contributed by atoms with Gasteiger partial charge in [0.2, 0.25) is 0 Å². The van der Waals surface area contributed by atoms with Crippen molar-refractivity contribution in [3.63, 3.8) is 0 Å². The van der Waals surface area contributed by atoms with Gasteiger partial charge < -0.3 is 9.47 Å². The van der Waals surface area contributed by atoms with E-state index in [0.29, 0.717) is 11.5 Å². The van der Waals surface area contributed by atoms with Crippen LogP contribution in [0.25, 0.3) is 0 Å². The Morgan fingerprint density at radius 2 is 2.29 bits per heavy atom. The van der Waals surface area contributed by atoms with Gasteiger partial charge in [0.15, 0.2) is 0 Å². The number of nitrogens with zero attached hydrogens (tertiary/aromatic N) is 1. The largest absolute Gasteiger partial charge is 0.384 e. The summed E-state index contributed by atoms with van der Waals surface area (Å²) < 4.78 is 10.7. The van der Waals surface area contributed by atoms with Gasteiger partial charge in [-0.25, -0.2) is 0 Å². The molecule has 0 aromatic rings. The molecule has 0 radical (unpaired) electrons. The van der Waals surface area contributed by atoms with Crippen LogP contribution in [0.5, 0.6) is 0 Å². The quantitative estimate of drug-likeness (QED) is 0.677. The summed E-state index contributed by atoms with van der Waals surface area (Å²) in [6.45, 7) is 7.26. The van der Waals surface area contributed by atoms with Gasteiger partial charge in [-0.15, -0.1) is 0 Å². The molecule has 1 atom stereocenters. The van der Waals surface area contributed by atoms with Gasteiger partial charge >= 0.3 is 0 Å². The number of hydrogen-bond acceptors (Lipinski definition) is 3. The molecule has 0 aromatic carbocycles. The maximum atomic E-state index is 5.43. The Morgan fingerprint density at radius 1 is 1.50 bits per heavy atom. The molecule has 1 heterocycles. The highest BCUT2D eigenvalue weighted by molar-refractivity contribution is 4.96. The van der Waals surface area contributed by atoms with Crippen LogP contribution in [0.15, 0.2) is 0 Å². The van der Waals surface area contributed by atoms with E-state index in [1.807, 2.05) is 7.11 Å². The van der Waals surface area contributed by atoms with Crippen LogP contribution >= 0.6 is 0 Å². The van der Waals surface area contributed by atoms with Gasteiger partial charge in [0.1, 0.15) is 0 Å². The van der Waals surface area contributed by atoms with Crippen LogP contribution in [0.2, 0.25) is 0 Å². The summed E-state index contributed by atoms with van der Waals surface area (Å²) in [5.74, 6) is 0. The molecular formula is C11H21NO2. The normalized spacial score (nSPS) is 31.7. The van der Waals surface area contributed by atoms with Crippen LogP contribution in [0.1, 0.15) is 19.8 Å². The van der Waals surface area contributed by atoms with E-state index in [-0.39, 0.29) is 0 Å². The van der Waals surface area contributed by atoms with Crippen molar-refractivity contribution in [2.24, 2.45) is 5.41 Å². The molecule has 1 saturated heterocycles. The fourth-order valence-corrected chi connectivity index (χ4v) is 2.26. The Balaban J connectivity index is 1.83. The van der Waals surface area contributed by atoms with E-state index in [1.54, 1.807) is 0 Å². The van der Waals surface area contributed by atoms with Crippen molar-refractivity contribution in [1.82, 2.24) is 4.90 Å². The Kier molecular flexibility index (Phi) is 3.10. The zero-order valence-corrected chi connectivity index (χ0v) is 9.29. The molecule has 1 unspecified atom stereocenters. The van der Waals surface area contributed by atoms with E-state index in [0.717, 1.165) is 26.4 Å². The molecule has 0 aromatic heterocycles. The summed E-state index contributed by atoms with van der Waals surface area (Å²) in [7, 11) is 1.81. The maximum absolute atomic E-state index is 5.43. The number of morpholine rings is 1. The summed E-state index contributed by atoms with van der Waals surface area (Å²) >= 11 is 0. The van der Waals surface area contributed by atoms with Gasteiger partial charge in [0.25, 0.3) is 0 Å². The first-order chi connectivity index (χ1) is 6.76. The molecule has 0 N–H and O–H groups in total.